The molecule has 1 heterocycles. The standard InChI is InChI=1S/C14H36N4O12P4/c1-27-31(19,20)15-7-5-8-17(33(23,24)29-3)13-14-18(34(25,26)30-4)10-6-9-16(12-11-15)32(21,22)28-2/h5-14H2,1-4H3,(H,19,20)(H,21,22)(H,23,24)(H,25,26). The van der Waals surface area contributed by atoms with Crippen LogP contribution in [0.1, 0.15) is 12.8 Å². The van der Waals surface area contributed by atoms with Gasteiger partial charge in [-0.2, -0.15) is 0 Å². The van der Waals surface area contributed by atoms with Crippen molar-refractivity contribution in [3.05, 3.63) is 0 Å². The van der Waals surface area contributed by atoms with E-state index in [9.17, 15) is 37.8 Å². The molecule has 1 aliphatic rings. The summed E-state index contributed by atoms with van der Waals surface area (Å²) in [6.45, 7) is -0.962. The van der Waals surface area contributed by atoms with E-state index in [-0.39, 0.29) is 65.2 Å². The van der Waals surface area contributed by atoms with Gasteiger partial charge in [-0.05, 0) is 12.8 Å². The van der Waals surface area contributed by atoms with Crippen molar-refractivity contribution in [3.63, 3.8) is 0 Å². The lowest BCUT2D eigenvalue weighted by Crippen LogP contribution is -2.38. The normalized spacial score (nSPS) is 27.1. The summed E-state index contributed by atoms with van der Waals surface area (Å²) in [5.41, 5.74) is 0. The first-order valence-electron chi connectivity index (χ1n) is 10.2. The fourth-order valence-electron chi connectivity index (χ4n) is 3.25. The highest BCUT2D eigenvalue weighted by Gasteiger charge is 2.36. The molecule has 1 rings (SSSR count). The Labute approximate surface area is 199 Å². The molecule has 204 valence electrons. The molecular weight excluding hydrogens is 540 g/mol. The van der Waals surface area contributed by atoms with Gasteiger partial charge in [-0.1, -0.05) is 0 Å². The van der Waals surface area contributed by atoms with E-state index in [0.29, 0.717) is 0 Å². The quantitative estimate of drug-likeness (QED) is 0.298. The van der Waals surface area contributed by atoms with E-state index in [1.165, 1.54) is 0 Å². The largest absolute Gasteiger partial charge is 0.405 e. The lowest BCUT2D eigenvalue weighted by molar-refractivity contribution is 0.180. The van der Waals surface area contributed by atoms with Crippen LogP contribution < -0.4 is 0 Å². The molecule has 0 aromatic carbocycles. The Morgan fingerprint density at radius 2 is 0.618 bits per heavy atom. The molecule has 4 atom stereocenters. The maximum absolute atomic E-state index is 12.5. The Balaban J connectivity index is 3.27. The van der Waals surface area contributed by atoms with Gasteiger partial charge >= 0.3 is 31.0 Å². The molecule has 1 saturated heterocycles. The van der Waals surface area contributed by atoms with Crippen molar-refractivity contribution >= 4 is 31.0 Å². The molecule has 1 aliphatic heterocycles. The Morgan fingerprint density at radius 1 is 0.441 bits per heavy atom. The molecule has 0 spiro atoms. The van der Waals surface area contributed by atoms with Crippen molar-refractivity contribution in [3.8, 4) is 0 Å². The minimum Gasteiger partial charge on any atom is -0.312 e. The first-order chi connectivity index (χ1) is 15.7. The summed E-state index contributed by atoms with van der Waals surface area (Å²) in [6.07, 6.45) is 0.202. The van der Waals surface area contributed by atoms with Crippen LogP contribution in [0.5, 0.6) is 0 Å². The topological polar surface area (TPSA) is 199 Å². The van der Waals surface area contributed by atoms with Crippen molar-refractivity contribution in [2.45, 2.75) is 12.8 Å². The second kappa shape index (κ2) is 13.8. The summed E-state index contributed by atoms with van der Waals surface area (Å²) in [5.74, 6) is 0. The molecule has 20 heteroatoms. The number of nitrogens with zero attached hydrogens (tertiary/aromatic N) is 4. The zero-order valence-electron chi connectivity index (χ0n) is 19.7. The molecule has 0 aliphatic carbocycles. The SMILES string of the molecule is COP(=O)(O)N1CCCN(P(=O)(O)OC)CCN(P(=O)(O)OC)CCCN(P(=O)(O)OC)CC1. The van der Waals surface area contributed by atoms with E-state index in [4.69, 9.17) is 18.1 Å². The predicted octanol–water partition coefficient (Wildman–Crippen LogP) is 0.975. The van der Waals surface area contributed by atoms with E-state index in [1.54, 1.807) is 0 Å². The van der Waals surface area contributed by atoms with Crippen LogP contribution in [0.25, 0.3) is 0 Å². The van der Waals surface area contributed by atoms with Crippen LogP contribution in [-0.4, -0.2) is 119 Å². The van der Waals surface area contributed by atoms with Crippen LogP contribution in [0.2, 0.25) is 0 Å². The average molecular weight is 576 g/mol. The van der Waals surface area contributed by atoms with E-state index in [0.717, 1.165) is 47.1 Å². The van der Waals surface area contributed by atoms with Gasteiger partial charge in [-0.3, -0.25) is 0 Å². The van der Waals surface area contributed by atoms with Gasteiger partial charge in [0, 0.05) is 80.8 Å². The third-order valence-corrected chi connectivity index (χ3v) is 11.6. The van der Waals surface area contributed by atoms with Crippen molar-refractivity contribution in [1.82, 2.24) is 18.7 Å². The molecule has 16 nitrogen and oxygen atoms in total. The van der Waals surface area contributed by atoms with Gasteiger partial charge < -0.3 is 37.7 Å². The summed E-state index contributed by atoms with van der Waals surface area (Å²) < 4.78 is 73.1. The molecule has 0 bridgehead atoms. The van der Waals surface area contributed by atoms with E-state index >= 15 is 0 Å². The van der Waals surface area contributed by atoms with Gasteiger partial charge in [0.1, 0.15) is 0 Å². The van der Waals surface area contributed by atoms with Gasteiger partial charge in [0.05, 0.1) is 0 Å². The predicted molar refractivity (Wildman–Crippen MR) is 123 cm³/mol. The fourth-order valence-corrected chi connectivity index (χ4v) is 7.12. The summed E-state index contributed by atoms with van der Waals surface area (Å²) in [5, 5.41) is 0. The molecule has 0 radical (unpaired) electrons. The highest BCUT2D eigenvalue weighted by Crippen LogP contribution is 2.50. The van der Waals surface area contributed by atoms with Gasteiger partial charge in [0.2, 0.25) is 0 Å². The molecule has 0 saturated carbocycles. The van der Waals surface area contributed by atoms with Crippen molar-refractivity contribution < 1.29 is 55.9 Å². The first kappa shape index (κ1) is 32.5. The maximum atomic E-state index is 12.5. The smallest absolute Gasteiger partial charge is 0.312 e. The van der Waals surface area contributed by atoms with Crippen LogP contribution in [0, 0.1) is 0 Å². The molecule has 1 fully saturated rings. The van der Waals surface area contributed by atoms with Gasteiger partial charge in [0.15, 0.2) is 0 Å². The third kappa shape index (κ3) is 9.39. The van der Waals surface area contributed by atoms with Crippen LogP contribution >= 0.6 is 31.0 Å². The maximum Gasteiger partial charge on any atom is 0.405 e. The zero-order valence-corrected chi connectivity index (χ0v) is 23.3. The van der Waals surface area contributed by atoms with Crippen LogP contribution in [0.3, 0.4) is 0 Å². The Bertz CT molecular complexity index is 705. The summed E-state index contributed by atoms with van der Waals surface area (Å²) >= 11 is 0. The third-order valence-electron chi connectivity index (χ3n) is 5.28. The van der Waals surface area contributed by atoms with Crippen molar-refractivity contribution in [1.29, 1.82) is 0 Å². The van der Waals surface area contributed by atoms with E-state index in [2.05, 4.69) is 0 Å². The second-order valence-electron chi connectivity index (χ2n) is 7.21. The van der Waals surface area contributed by atoms with Gasteiger partial charge in [0.25, 0.3) is 0 Å². The van der Waals surface area contributed by atoms with Crippen LogP contribution in [-0.2, 0) is 36.4 Å². The van der Waals surface area contributed by atoms with Crippen molar-refractivity contribution in [2.75, 3.05) is 80.8 Å². The molecule has 0 aromatic heterocycles. The van der Waals surface area contributed by atoms with Gasteiger partial charge in [-0.15, -0.1) is 0 Å². The number of hydrogen-bond donors (Lipinski definition) is 4. The van der Waals surface area contributed by atoms with Crippen LogP contribution in [0.4, 0.5) is 0 Å². The highest BCUT2D eigenvalue weighted by atomic mass is 31.2. The minimum absolute atomic E-state index is 0.0708. The summed E-state index contributed by atoms with van der Waals surface area (Å²) in [7, 11) is -12.8. The Morgan fingerprint density at radius 3 is 0.765 bits per heavy atom. The minimum atomic E-state index is -4.25. The highest BCUT2D eigenvalue weighted by molar-refractivity contribution is 7.51. The molecule has 4 unspecified atom stereocenters. The number of rotatable bonds is 8. The van der Waals surface area contributed by atoms with Gasteiger partial charge in [-0.25, -0.2) is 36.9 Å². The average Bonchev–Trinajstić information content (AvgIpc) is 2.79. The number of hydrogen-bond acceptors (Lipinski definition) is 8. The Kier molecular flexibility index (Phi) is 13.2. The molecule has 0 aromatic rings. The van der Waals surface area contributed by atoms with E-state index < -0.39 is 31.0 Å². The lowest BCUT2D eigenvalue weighted by Gasteiger charge is -2.34. The monoisotopic (exact) mass is 576 g/mol. The Hall–Kier alpha value is 0.440. The molecule has 0 amide bonds. The van der Waals surface area contributed by atoms with Crippen molar-refractivity contribution in [2.24, 2.45) is 0 Å². The summed E-state index contributed by atoms with van der Waals surface area (Å²) in [4.78, 5) is 40.7. The molecular formula is C14H36N4O12P4. The molecule has 4 N–H and O–H groups in total. The summed E-state index contributed by atoms with van der Waals surface area (Å²) in [6, 6.07) is 0. The van der Waals surface area contributed by atoms with Crippen LogP contribution in [0.15, 0.2) is 0 Å². The molecule has 34 heavy (non-hydrogen) atoms. The first-order valence-corrected chi connectivity index (χ1v) is 16.3. The zero-order chi connectivity index (χ0) is 26.2. The van der Waals surface area contributed by atoms with E-state index in [1.807, 2.05) is 0 Å². The fraction of sp³-hybridized carbons (Fsp3) is 1.00. The lowest BCUT2D eigenvalue weighted by atomic mass is 10.3. The second-order valence-corrected chi connectivity index (χ2v) is 14.9.